The molecule has 13 heavy (non-hydrogen) atoms. The topological polar surface area (TPSA) is 46.6 Å². The van der Waals surface area contributed by atoms with Gasteiger partial charge >= 0.3 is 5.97 Å². The van der Waals surface area contributed by atoms with Crippen molar-refractivity contribution in [1.82, 2.24) is 4.90 Å². The van der Waals surface area contributed by atoms with E-state index in [4.69, 9.17) is 0 Å². The minimum atomic E-state index is -0.308. The zero-order valence-corrected chi connectivity index (χ0v) is 8.66. The Labute approximate surface area is 78.9 Å². The van der Waals surface area contributed by atoms with Crippen LogP contribution in [0.5, 0.6) is 0 Å². The summed E-state index contributed by atoms with van der Waals surface area (Å²) in [7, 11) is 4.68. The summed E-state index contributed by atoms with van der Waals surface area (Å²) in [5, 5.41) is 0. The Morgan fingerprint density at radius 2 is 1.92 bits per heavy atom. The lowest BCUT2D eigenvalue weighted by atomic mass is 10.0. The summed E-state index contributed by atoms with van der Waals surface area (Å²) >= 11 is 0. The molecule has 1 atom stereocenters. The molecule has 0 aromatic heterocycles. The molecule has 0 radical (unpaired) electrons. The second-order valence-corrected chi connectivity index (χ2v) is 3.12. The predicted molar refractivity (Wildman–Crippen MR) is 49.1 cm³/mol. The molecule has 0 aliphatic rings. The summed E-state index contributed by atoms with van der Waals surface area (Å²) in [6.07, 6.45) is 0.864. The number of carbonyl (C=O) groups is 2. The summed E-state index contributed by atoms with van der Waals surface area (Å²) in [5.74, 6) is -0.658. The van der Waals surface area contributed by atoms with E-state index in [0.29, 0.717) is 6.42 Å². The average molecular weight is 187 g/mol. The van der Waals surface area contributed by atoms with E-state index in [9.17, 15) is 9.59 Å². The zero-order chi connectivity index (χ0) is 10.4. The third-order valence-electron chi connectivity index (χ3n) is 1.95. The maximum absolute atomic E-state index is 11.3. The van der Waals surface area contributed by atoms with Gasteiger partial charge in [-0.2, -0.15) is 0 Å². The second-order valence-electron chi connectivity index (χ2n) is 3.12. The molecule has 0 aliphatic heterocycles. The highest BCUT2D eigenvalue weighted by Crippen LogP contribution is 2.11. The van der Waals surface area contributed by atoms with Crippen LogP contribution in [0.15, 0.2) is 0 Å². The first-order chi connectivity index (χ1) is 6.02. The molecule has 0 saturated carbocycles. The van der Waals surface area contributed by atoms with Crippen LogP contribution in [0.4, 0.5) is 0 Å². The SMILES string of the molecule is CC[C@H](CC(=O)N(C)C)C(=O)OC. The molecular formula is C9H17NO3. The molecule has 0 aliphatic carbocycles. The highest BCUT2D eigenvalue weighted by Gasteiger charge is 2.21. The van der Waals surface area contributed by atoms with E-state index < -0.39 is 0 Å². The number of hydrogen-bond donors (Lipinski definition) is 0. The summed E-state index contributed by atoms with van der Waals surface area (Å²) in [4.78, 5) is 23.8. The third kappa shape index (κ3) is 3.92. The Balaban J connectivity index is 4.13. The third-order valence-corrected chi connectivity index (χ3v) is 1.95. The lowest BCUT2D eigenvalue weighted by molar-refractivity contribution is -0.148. The molecule has 0 spiro atoms. The highest BCUT2D eigenvalue weighted by molar-refractivity contribution is 5.82. The minimum absolute atomic E-state index is 0.0442. The average Bonchev–Trinajstić information content (AvgIpc) is 2.12. The molecule has 0 heterocycles. The first kappa shape index (κ1) is 11.9. The van der Waals surface area contributed by atoms with Crippen molar-refractivity contribution in [2.75, 3.05) is 21.2 Å². The van der Waals surface area contributed by atoms with Crippen LogP contribution in [0.3, 0.4) is 0 Å². The first-order valence-corrected chi connectivity index (χ1v) is 4.30. The molecule has 0 unspecified atom stereocenters. The van der Waals surface area contributed by atoms with Gasteiger partial charge in [0.25, 0.3) is 0 Å². The Morgan fingerprint density at radius 1 is 1.38 bits per heavy atom. The van der Waals surface area contributed by atoms with Crippen molar-refractivity contribution in [3.05, 3.63) is 0 Å². The molecule has 0 aromatic rings. The second kappa shape index (κ2) is 5.56. The molecule has 1 amide bonds. The summed E-state index contributed by atoms with van der Waals surface area (Å²) in [6.45, 7) is 1.87. The van der Waals surface area contributed by atoms with Crippen molar-refractivity contribution in [1.29, 1.82) is 0 Å². The van der Waals surface area contributed by atoms with E-state index in [0.717, 1.165) is 0 Å². The molecule has 4 nitrogen and oxygen atoms in total. The van der Waals surface area contributed by atoms with E-state index in [-0.39, 0.29) is 24.2 Å². The molecular weight excluding hydrogens is 170 g/mol. The molecule has 76 valence electrons. The van der Waals surface area contributed by atoms with Crippen molar-refractivity contribution >= 4 is 11.9 Å². The van der Waals surface area contributed by atoms with Crippen molar-refractivity contribution < 1.29 is 14.3 Å². The molecule has 0 N–H and O–H groups in total. The number of rotatable bonds is 4. The Hall–Kier alpha value is -1.06. The van der Waals surface area contributed by atoms with Crippen LogP contribution in [-0.4, -0.2) is 38.0 Å². The van der Waals surface area contributed by atoms with Crippen molar-refractivity contribution in [2.24, 2.45) is 5.92 Å². The van der Waals surface area contributed by atoms with Crippen molar-refractivity contribution in [3.63, 3.8) is 0 Å². The first-order valence-electron chi connectivity index (χ1n) is 4.30. The van der Waals surface area contributed by atoms with Gasteiger partial charge in [-0.25, -0.2) is 0 Å². The fraction of sp³-hybridized carbons (Fsp3) is 0.778. The van der Waals surface area contributed by atoms with Gasteiger partial charge in [0.15, 0.2) is 0 Å². The number of methoxy groups -OCH3 is 1. The molecule has 4 heteroatoms. The summed E-state index contributed by atoms with van der Waals surface area (Å²) in [5.41, 5.74) is 0. The number of carbonyl (C=O) groups excluding carboxylic acids is 2. The Bertz CT molecular complexity index is 189. The van der Waals surface area contributed by atoms with Crippen LogP contribution < -0.4 is 0 Å². The van der Waals surface area contributed by atoms with Gasteiger partial charge in [-0.1, -0.05) is 6.92 Å². The van der Waals surface area contributed by atoms with Crippen molar-refractivity contribution in [2.45, 2.75) is 19.8 Å². The van der Waals surface area contributed by atoms with Gasteiger partial charge in [0.1, 0.15) is 0 Å². The summed E-state index contributed by atoms with van der Waals surface area (Å²) in [6, 6.07) is 0. The van der Waals surface area contributed by atoms with Crippen LogP contribution in [0.25, 0.3) is 0 Å². The fourth-order valence-corrected chi connectivity index (χ4v) is 0.954. The van der Waals surface area contributed by atoms with Gasteiger partial charge in [0.05, 0.1) is 13.0 Å². The number of hydrogen-bond acceptors (Lipinski definition) is 3. The zero-order valence-electron chi connectivity index (χ0n) is 8.66. The van der Waals surface area contributed by atoms with Gasteiger partial charge in [-0.15, -0.1) is 0 Å². The predicted octanol–water partition coefficient (Wildman–Crippen LogP) is 0.664. The van der Waals surface area contributed by atoms with Crippen LogP contribution >= 0.6 is 0 Å². The normalized spacial score (nSPS) is 12.0. The number of esters is 1. The van der Waals surface area contributed by atoms with E-state index in [1.165, 1.54) is 12.0 Å². The number of amides is 1. The minimum Gasteiger partial charge on any atom is -0.469 e. The maximum Gasteiger partial charge on any atom is 0.309 e. The van der Waals surface area contributed by atoms with Gasteiger partial charge in [0.2, 0.25) is 5.91 Å². The standard InChI is InChI=1S/C9H17NO3/c1-5-7(9(12)13-4)6-8(11)10(2)3/h7H,5-6H2,1-4H3/t7-/m1/s1. The van der Waals surface area contributed by atoms with Gasteiger partial charge < -0.3 is 9.64 Å². The quantitative estimate of drug-likeness (QED) is 0.607. The monoisotopic (exact) mass is 187 g/mol. The van der Waals surface area contributed by atoms with Crippen LogP contribution in [-0.2, 0) is 14.3 Å². The molecule has 0 bridgehead atoms. The van der Waals surface area contributed by atoms with Gasteiger partial charge in [-0.3, -0.25) is 9.59 Å². The lowest BCUT2D eigenvalue weighted by Gasteiger charge is -2.15. The summed E-state index contributed by atoms with van der Waals surface area (Å²) < 4.78 is 4.57. The number of nitrogens with zero attached hydrogens (tertiary/aromatic N) is 1. The van der Waals surface area contributed by atoms with Crippen LogP contribution in [0.2, 0.25) is 0 Å². The van der Waals surface area contributed by atoms with Gasteiger partial charge in [-0.05, 0) is 6.42 Å². The molecule has 0 rings (SSSR count). The van der Waals surface area contributed by atoms with E-state index in [1.54, 1.807) is 14.1 Å². The van der Waals surface area contributed by atoms with Crippen molar-refractivity contribution in [3.8, 4) is 0 Å². The Kier molecular flexibility index (Phi) is 5.11. The maximum atomic E-state index is 11.3. The van der Waals surface area contributed by atoms with Crippen LogP contribution in [0, 0.1) is 5.92 Å². The smallest absolute Gasteiger partial charge is 0.309 e. The number of ether oxygens (including phenoxy) is 1. The largest absolute Gasteiger partial charge is 0.469 e. The highest BCUT2D eigenvalue weighted by atomic mass is 16.5. The fourth-order valence-electron chi connectivity index (χ4n) is 0.954. The molecule has 0 aromatic carbocycles. The van der Waals surface area contributed by atoms with Gasteiger partial charge in [0, 0.05) is 20.5 Å². The van der Waals surface area contributed by atoms with E-state index in [1.807, 2.05) is 6.92 Å². The van der Waals surface area contributed by atoms with E-state index >= 15 is 0 Å². The van der Waals surface area contributed by atoms with E-state index in [2.05, 4.69) is 4.74 Å². The Morgan fingerprint density at radius 3 is 2.23 bits per heavy atom. The van der Waals surface area contributed by atoms with Crippen LogP contribution in [0.1, 0.15) is 19.8 Å². The molecule has 0 saturated heterocycles. The lowest BCUT2D eigenvalue weighted by Crippen LogP contribution is -2.27. The molecule has 0 fully saturated rings.